The molecule has 0 spiro atoms. The van der Waals surface area contributed by atoms with Crippen LogP contribution in [0.15, 0.2) is 0 Å². The molecule has 0 aliphatic heterocycles. The summed E-state index contributed by atoms with van der Waals surface area (Å²) < 4.78 is 0. The zero-order valence-electron chi connectivity index (χ0n) is 23.6. The van der Waals surface area contributed by atoms with Crippen LogP contribution in [0, 0.1) is 0 Å². The molecule has 0 aromatic rings. The summed E-state index contributed by atoms with van der Waals surface area (Å²) in [6, 6.07) is 0. The number of rotatable bonds is 28. The zero-order chi connectivity index (χ0) is 24.2. The second-order valence-electron chi connectivity index (χ2n) is 10.9. The number of unbranched alkanes of at least 4 members (excludes halogenated alkanes) is 22. The monoisotopic (exact) mass is 468 g/mol. The van der Waals surface area contributed by atoms with E-state index in [2.05, 4.69) is 18.7 Å². The normalized spacial score (nSPS) is 12.6. The van der Waals surface area contributed by atoms with Gasteiger partial charge >= 0.3 is 0 Å². The minimum atomic E-state index is -0.195. The van der Waals surface area contributed by atoms with Crippen molar-refractivity contribution in [3.05, 3.63) is 0 Å². The molecule has 0 heterocycles. The first-order valence-corrected chi connectivity index (χ1v) is 15.6. The molecule has 1 N–H and O–H groups in total. The second-order valence-corrected chi connectivity index (χ2v) is 10.9. The molecule has 0 rings (SSSR count). The molecule has 1 atom stereocenters. The molecule has 0 saturated carbocycles. The van der Waals surface area contributed by atoms with Gasteiger partial charge in [-0.2, -0.15) is 0 Å². The molecule has 0 saturated heterocycles. The topological polar surface area (TPSA) is 23.5 Å². The van der Waals surface area contributed by atoms with Gasteiger partial charge in [-0.05, 0) is 32.9 Å². The number of hydrogen-bond donors (Lipinski definition) is 1. The van der Waals surface area contributed by atoms with E-state index in [4.69, 9.17) is 0 Å². The van der Waals surface area contributed by atoms with Crippen LogP contribution in [-0.4, -0.2) is 35.7 Å². The Morgan fingerprint density at radius 3 is 0.909 bits per heavy atom. The van der Waals surface area contributed by atoms with Gasteiger partial charge in [-0.15, -0.1) is 0 Å². The SMILES string of the molecule is CCCCCCCCCCCCCCN(CCCCCCCCCCCCCC)CC(C)O. The average Bonchev–Trinajstić information content (AvgIpc) is 2.80. The molecule has 0 amide bonds. The third-order valence-corrected chi connectivity index (χ3v) is 7.18. The Morgan fingerprint density at radius 2 is 0.667 bits per heavy atom. The third kappa shape index (κ3) is 28.0. The Balaban J connectivity index is 3.51. The van der Waals surface area contributed by atoms with E-state index >= 15 is 0 Å². The van der Waals surface area contributed by atoms with Crippen molar-refractivity contribution in [2.24, 2.45) is 0 Å². The van der Waals surface area contributed by atoms with E-state index in [0.29, 0.717) is 0 Å². The first kappa shape index (κ1) is 32.9. The number of aliphatic hydroxyl groups excluding tert-OH is 1. The maximum atomic E-state index is 9.86. The van der Waals surface area contributed by atoms with Crippen LogP contribution in [0.25, 0.3) is 0 Å². The van der Waals surface area contributed by atoms with Gasteiger partial charge in [0, 0.05) is 6.54 Å². The summed E-state index contributed by atoms with van der Waals surface area (Å²) in [6.07, 6.45) is 33.7. The van der Waals surface area contributed by atoms with Gasteiger partial charge in [0.1, 0.15) is 0 Å². The summed E-state index contributed by atoms with van der Waals surface area (Å²) in [5, 5.41) is 9.86. The van der Waals surface area contributed by atoms with Gasteiger partial charge in [-0.1, -0.05) is 155 Å². The molecule has 0 fully saturated rings. The summed E-state index contributed by atoms with van der Waals surface area (Å²) >= 11 is 0. The summed E-state index contributed by atoms with van der Waals surface area (Å²) in [4.78, 5) is 2.53. The third-order valence-electron chi connectivity index (χ3n) is 7.18. The van der Waals surface area contributed by atoms with Crippen molar-refractivity contribution < 1.29 is 5.11 Å². The lowest BCUT2D eigenvalue weighted by molar-refractivity contribution is 0.123. The van der Waals surface area contributed by atoms with Gasteiger partial charge in [-0.3, -0.25) is 0 Å². The molecular formula is C31H65NO. The van der Waals surface area contributed by atoms with Gasteiger partial charge in [0.15, 0.2) is 0 Å². The van der Waals surface area contributed by atoms with E-state index in [1.165, 1.54) is 167 Å². The molecule has 2 nitrogen and oxygen atoms in total. The molecule has 1 unspecified atom stereocenters. The van der Waals surface area contributed by atoms with Gasteiger partial charge in [0.2, 0.25) is 0 Å². The Labute approximate surface area is 210 Å². The minimum Gasteiger partial charge on any atom is -0.392 e. The molecule has 0 aliphatic rings. The van der Waals surface area contributed by atoms with Crippen molar-refractivity contribution in [1.29, 1.82) is 0 Å². The van der Waals surface area contributed by atoms with Crippen LogP contribution in [0.1, 0.15) is 175 Å². The molecule has 33 heavy (non-hydrogen) atoms. The highest BCUT2D eigenvalue weighted by Crippen LogP contribution is 2.14. The lowest BCUT2D eigenvalue weighted by atomic mass is 10.0. The molecule has 200 valence electrons. The highest BCUT2D eigenvalue weighted by molar-refractivity contribution is 4.63. The minimum absolute atomic E-state index is 0.195. The van der Waals surface area contributed by atoms with Crippen LogP contribution in [0.5, 0.6) is 0 Å². The van der Waals surface area contributed by atoms with Crippen LogP contribution < -0.4 is 0 Å². The summed E-state index contributed by atoms with van der Waals surface area (Å²) in [7, 11) is 0. The van der Waals surface area contributed by atoms with Gasteiger partial charge in [-0.25, -0.2) is 0 Å². The molecule has 0 bridgehead atoms. The molecular weight excluding hydrogens is 402 g/mol. The van der Waals surface area contributed by atoms with Gasteiger partial charge < -0.3 is 10.0 Å². The standard InChI is InChI=1S/C31H65NO/c1-4-6-8-10-12-14-16-18-20-22-24-26-28-32(30-31(3)33)29-27-25-23-21-19-17-15-13-11-9-7-5-2/h31,33H,4-30H2,1-3H3. The van der Waals surface area contributed by atoms with Crippen LogP contribution in [0.4, 0.5) is 0 Å². The first-order valence-electron chi connectivity index (χ1n) is 15.6. The molecule has 0 aromatic carbocycles. The van der Waals surface area contributed by atoms with Crippen molar-refractivity contribution in [3.63, 3.8) is 0 Å². The Bertz CT molecular complexity index is 316. The Morgan fingerprint density at radius 1 is 0.424 bits per heavy atom. The lowest BCUT2D eigenvalue weighted by Crippen LogP contribution is -2.32. The van der Waals surface area contributed by atoms with E-state index in [1.54, 1.807) is 0 Å². The van der Waals surface area contributed by atoms with Crippen LogP contribution in [-0.2, 0) is 0 Å². The maximum Gasteiger partial charge on any atom is 0.0639 e. The van der Waals surface area contributed by atoms with Gasteiger partial charge in [0.25, 0.3) is 0 Å². The molecule has 2 heteroatoms. The lowest BCUT2D eigenvalue weighted by Gasteiger charge is -2.23. The van der Waals surface area contributed by atoms with Crippen molar-refractivity contribution in [2.45, 2.75) is 181 Å². The Kier molecular flexibility index (Phi) is 28.1. The fraction of sp³-hybridized carbons (Fsp3) is 1.00. The van der Waals surface area contributed by atoms with Crippen molar-refractivity contribution >= 4 is 0 Å². The summed E-state index contributed by atoms with van der Waals surface area (Å²) in [5.74, 6) is 0. The summed E-state index contributed by atoms with van der Waals surface area (Å²) in [5.41, 5.74) is 0. The zero-order valence-corrected chi connectivity index (χ0v) is 23.6. The van der Waals surface area contributed by atoms with E-state index in [9.17, 15) is 5.11 Å². The molecule has 0 radical (unpaired) electrons. The molecule has 0 aromatic heterocycles. The smallest absolute Gasteiger partial charge is 0.0639 e. The van der Waals surface area contributed by atoms with Crippen molar-refractivity contribution in [2.75, 3.05) is 19.6 Å². The molecule has 0 aliphatic carbocycles. The predicted molar refractivity (Wildman–Crippen MR) is 150 cm³/mol. The fourth-order valence-corrected chi connectivity index (χ4v) is 5.02. The number of aliphatic hydroxyl groups is 1. The quantitative estimate of drug-likeness (QED) is 0.116. The van der Waals surface area contributed by atoms with Gasteiger partial charge in [0.05, 0.1) is 6.10 Å². The largest absolute Gasteiger partial charge is 0.392 e. The predicted octanol–water partition coefficient (Wildman–Crippen LogP) is 10.1. The number of nitrogens with zero attached hydrogens (tertiary/aromatic N) is 1. The first-order chi connectivity index (χ1) is 16.2. The maximum absolute atomic E-state index is 9.86. The fourth-order valence-electron chi connectivity index (χ4n) is 5.02. The van der Waals surface area contributed by atoms with Crippen molar-refractivity contribution in [3.8, 4) is 0 Å². The second kappa shape index (κ2) is 28.2. The van der Waals surface area contributed by atoms with E-state index in [-0.39, 0.29) is 6.10 Å². The Hall–Kier alpha value is -0.0800. The van der Waals surface area contributed by atoms with E-state index < -0.39 is 0 Å². The van der Waals surface area contributed by atoms with Crippen LogP contribution in [0.3, 0.4) is 0 Å². The van der Waals surface area contributed by atoms with E-state index in [0.717, 1.165) is 6.54 Å². The summed E-state index contributed by atoms with van der Waals surface area (Å²) in [6.45, 7) is 9.75. The number of hydrogen-bond acceptors (Lipinski definition) is 2. The van der Waals surface area contributed by atoms with Crippen LogP contribution >= 0.6 is 0 Å². The van der Waals surface area contributed by atoms with Crippen LogP contribution in [0.2, 0.25) is 0 Å². The highest BCUT2D eigenvalue weighted by Gasteiger charge is 2.08. The van der Waals surface area contributed by atoms with E-state index in [1.807, 2.05) is 6.92 Å². The average molecular weight is 468 g/mol. The van der Waals surface area contributed by atoms with Crippen molar-refractivity contribution in [1.82, 2.24) is 4.90 Å². The highest BCUT2D eigenvalue weighted by atomic mass is 16.3.